The average molecular weight is 197 g/mol. The summed E-state index contributed by atoms with van der Waals surface area (Å²) >= 11 is 0. The van der Waals surface area contributed by atoms with Crippen LogP contribution in [0.2, 0.25) is 0 Å². The minimum absolute atomic E-state index is 0.245. The lowest BCUT2D eigenvalue weighted by molar-refractivity contribution is -0.132. The minimum atomic E-state index is -0.906. The van der Waals surface area contributed by atoms with Gasteiger partial charge in [0.2, 0.25) is 0 Å². The number of aliphatic carboxylic acids is 1. The lowest BCUT2D eigenvalue weighted by Gasteiger charge is -2.20. The average Bonchev–Trinajstić information content (AvgIpc) is 2.66. The summed E-state index contributed by atoms with van der Waals surface area (Å²) in [5.41, 5.74) is 0.245. The summed E-state index contributed by atoms with van der Waals surface area (Å²) < 4.78 is 0. The third-order valence-corrected chi connectivity index (χ3v) is 3.05. The summed E-state index contributed by atoms with van der Waals surface area (Å²) in [6, 6.07) is 0.411. The van der Waals surface area contributed by atoms with E-state index in [2.05, 4.69) is 18.8 Å². The van der Waals surface area contributed by atoms with Gasteiger partial charge in [-0.1, -0.05) is 19.4 Å². The number of rotatable bonds is 5. The molecule has 1 fully saturated rings. The first-order chi connectivity index (χ1) is 6.61. The predicted octanol–water partition coefficient (Wildman–Crippen LogP) is 1.80. The molecule has 0 heterocycles. The van der Waals surface area contributed by atoms with Crippen LogP contribution in [0.3, 0.4) is 0 Å². The molecule has 14 heavy (non-hydrogen) atoms. The predicted molar refractivity (Wildman–Crippen MR) is 56.2 cm³/mol. The second-order valence-electron chi connectivity index (χ2n) is 4.12. The Kier molecular flexibility index (Phi) is 4.14. The minimum Gasteiger partial charge on any atom is -0.478 e. The second kappa shape index (κ2) is 5.15. The monoisotopic (exact) mass is 197 g/mol. The van der Waals surface area contributed by atoms with E-state index in [1.54, 1.807) is 0 Å². The van der Waals surface area contributed by atoms with E-state index in [0.717, 1.165) is 5.92 Å². The van der Waals surface area contributed by atoms with Crippen molar-refractivity contribution in [3.05, 3.63) is 12.2 Å². The van der Waals surface area contributed by atoms with Crippen molar-refractivity contribution in [2.75, 3.05) is 6.54 Å². The third kappa shape index (κ3) is 3.14. The molecule has 2 N–H and O–H groups in total. The van der Waals surface area contributed by atoms with Crippen molar-refractivity contribution in [2.45, 2.75) is 38.6 Å². The molecule has 0 bridgehead atoms. The Labute approximate surface area is 85.2 Å². The Balaban J connectivity index is 2.23. The normalized spacial score (nSPS) is 19.5. The number of hydrogen-bond acceptors (Lipinski definition) is 2. The van der Waals surface area contributed by atoms with Crippen LogP contribution in [0.25, 0.3) is 0 Å². The molecule has 0 amide bonds. The molecule has 1 aliphatic carbocycles. The van der Waals surface area contributed by atoms with Crippen LogP contribution < -0.4 is 5.32 Å². The Morgan fingerprint density at radius 2 is 2.14 bits per heavy atom. The van der Waals surface area contributed by atoms with Gasteiger partial charge in [0.25, 0.3) is 0 Å². The van der Waals surface area contributed by atoms with Crippen molar-refractivity contribution in [2.24, 2.45) is 5.92 Å². The lowest BCUT2D eigenvalue weighted by Crippen LogP contribution is -2.34. The van der Waals surface area contributed by atoms with Crippen molar-refractivity contribution >= 4 is 5.97 Å². The van der Waals surface area contributed by atoms with E-state index in [1.807, 2.05) is 0 Å². The van der Waals surface area contributed by atoms with Gasteiger partial charge in [-0.25, -0.2) is 4.79 Å². The van der Waals surface area contributed by atoms with Crippen LogP contribution in [-0.2, 0) is 4.79 Å². The third-order valence-electron chi connectivity index (χ3n) is 3.05. The van der Waals surface area contributed by atoms with Crippen LogP contribution in [0.4, 0.5) is 0 Å². The first kappa shape index (κ1) is 11.2. The van der Waals surface area contributed by atoms with E-state index in [4.69, 9.17) is 5.11 Å². The lowest BCUT2D eigenvalue weighted by atomic mass is 10.00. The van der Waals surface area contributed by atoms with Gasteiger partial charge in [0, 0.05) is 18.2 Å². The highest BCUT2D eigenvalue weighted by molar-refractivity contribution is 5.86. The van der Waals surface area contributed by atoms with Gasteiger partial charge < -0.3 is 10.4 Å². The Bertz CT molecular complexity index is 219. The molecule has 1 aliphatic rings. The second-order valence-corrected chi connectivity index (χ2v) is 4.12. The summed E-state index contributed by atoms with van der Waals surface area (Å²) in [7, 11) is 0. The first-order valence-electron chi connectivity index (χ1n) is 5.25. The van der Waals surface area contributed by atoms with Crippen LogP contribution in [-0.4, -0.2) is 23.7 Å². The van der Waals surface area contributed by atoms with Crippen molar-refractivity contribution in [1.82, 2.24) is 5.32 Å². The highest BCUT2D eigenvalue weighted by Crippen LogP contribution is 2.27. The molecule has 0 aromatic heterocycles. The molecular formula is C11H19NO2. The Hall–Kier alpha value is -0.830. The summed E-state index contributed by atoms with van der Waals surface area (Å²) in [4.78, 5) is 10.5. The number of carboxylic acid groups (broad SMARTS) is 1. The van der Waals surface area contributed by atoms with E-state index < -0.39 is 5.97 Å². The van der Waals surface area contributed by atoms with Gasteiger partial charge in [-0.15, -0.1) is 0 Å². The van der Waals surface area contributed by atoms with Gasteiger partial charge >= 0.3 is 5.97 Å². The molecule has 0 saturated heterocycles. The van der Waals surface area contributed by atoms with Gasteiger partial charge in [-0.2, -0.15) is 0 Å². The standard InChI is InChI=1S/C11H19NO2/c1-8(11(13)14)7-12-9(2)10-5-3-4-6-10/h9-10,12H,1,3-7H2,2H3,(H,13,14). The molecular weight excluding hydrogens is 178 g/mol. The number of nitrogens with one attached hydrogen (secondary N) is 1. The highest BCUT2D eigenvalue weighted by Gasteiger charge is 2.21. The molecule has 0 spiro atoms. The fourth-order valence-corrected chi connectivity index (χ4v) is 1.98. The number of hydrogen-bond donors (Lipinski definition) is 2. The maximum absolute atomic E-state index is 10.5. The maximum atomic E-state index is 10.5. The van der Waals surface area contributed by atoms with Gasteiger partial charge in [-0.05, 0) is 25.7 Å². The van der Waals surface area contributed by atoms with E-state index in [9.17, 15) is 4.79 Å². The van der Waals surface area contributed by atoms with E-state index in [-0.39, 0.29) is 5.57 Å². The highest BCUT2D eigenvalue weighted by atomic mass is 16.4. The van der Waals surface area contributed by atoms with Crippen LogP contribution in [0, 0.1) is 5.92 Å². The fraction of sp³-hybridized carbons (Fsp3) is 0.727. The summed E-state index contributed by atoms with van der Waals surface area (Å²) in [5.74, 6) is -0.187. The molecule has 1 rings (SSSR count). The molecule has 1 saturated carbocycles. The molecule has 0 aromatic carbocycles. The maximum Gasteiger partial charge on any atom is 0.332 e. The quantitative estimate of drug-likeness (QED) is 0.661. The van der Waals surface area contributed by atoms with Crippen LogP contribution in [0.15, 0.2) is 12.2 Å². The number of carboxylic acids is 1. The van der Waals surface area contributed by atoms with Crippen LogP contribution >= 0.6 is 0 Å². The van der Waals surface area contributed by atoms with Gasteiger partial charge in [0.05, 0.1) is 0 Å². The van der Waals surface area contributed by atoms with Crippen molar-refractivity contribution < 1.29 is 9.90 Å². The summed E-state index contributed by atoms with van der Waals surface area (Å²) in [5, 5.41) is 11.8. The topological polar surface area (TPSA) is 49.3 Å². The zero-order valence-electron chi connectivity index (χ0n) is 8.75. The molecule has 1 unspecified atom stereocenters. The summed E-state index contributed by atoms with van der Waals surface area (Å²) in [6.07, 6.45) is 5.18. The molecule has 80 valence electrons. The molecule has 3 nitrogen and oxygen atoms in total. The first-order valence-corrected chi connectivity index (χ1v) is 5.25. The Morgan fingerprint density at radius 3 is 2.64 bits per heavy atom. The van der Waals surface area contributed by atoms with Crippen molar-refractivity contribution in [3.8, 4) is 0 Å². The van der Waals surface area contributed by atoms with Crippen molar-refractivity contribution in [3.63, 3.8) is 0 Å². The number of carbonyl (C=O) groups is 1. The molecule has 1 atom stereocenters. The summed E-state index contributed by atoms with van der Waals surface area (Å²) in [6.45, 7) is 6.02. The molecule has 0 aromatic rings. The Morgan fingerprint density at radius 1 is 1.57 bits per heavy atom. The molecule has 3 heteroatoms. The SMILES string of the molecule is C=C(CNC(C)C1CCCC1)C(=O)O. The van der Waals surface area contributed by atoms with Crippen LogP contribution in [0.5, 0.6) is 0 Å². The van der Waals surface area contributed by atoms with Gasteiger partial charge in [0.15, 0.2) is 0 Å². The fourth-order valence-electron chi connectivity index (χ4n) is 1.98. The van der Waals surface area contributed by atoms with Gasteiger partial charge in [0.1, 0.15) is 0 Å². The zero-order chi connectivity index (χ0) is 10.6. The largest absolute Gasteiger partial charge is 0.478 e. The zero-order valence-corrected chi connectivity index (χ0v) is 8.75. The van der Waals surface area contributed by atoms with E-state index in [0.29, 0.717) is 12.6 Å². The van der Waals surface area contributed by atoms with Crippen LogP contribution in [0.1, 0.15) is 32.6 Å². The van der Waals surface area contributed by atoms with E-state index >= 15 is 0 Å². The smallest absolute Gasteiger partial charge is 0.332 e. The van der Waals surface area contributed by atoms with E-state index in [1.165, 1.54) is 25.7 Å². The van der Waals surface area contributed by atoms with Gasteiger partial charge in [-0.3, -0.25) is 0 Å². The van der Waals surface area contributed by atoms with Crippen molar-refractivity contribution in [1.29, 1.82) is 0 Å². The molecule has 0 radical (unpaired) electrons. The molecule has 0 aliphatic heterocycles.